The molecule has 3 rings (SSSR count). The van der Waals surface area contributed by atoms with Crippen molar-refractivity contribution in [2.45, 2.75) is 6.42 Å². The molecule has 0 N–H and O–H groups in total. The summed E-state index contributed by atoms with van der Waals surface area (Å²) in [5.41, 5.74) is 1.02. The number of benzene rings is 2. The molecule has 1 heterocycles. The zero-order chi connectivity index (χ0) is 14.8. The molecule has 1 aromatic heterocycles. The second-order valence-corrected chi connectivity index (χ2v) is 6.47. The van der Waals surface area contributed by atoms with Gasteiger partial charge in [0.05, 0.1) is 12.0 Å². The Hall–Kier alpha value is -1.65. The third kappa shape index (κ3) is 2.87. The molecule has 0 aliphatic heterocycles. The summed E-state index contributed by atoms with van der Waals surface area (Å²) in [4.78, 5) is 13.2. The number of hydrogen-bond acceptors (Lipinski definition) is 3. The van der Waals surface area contributed by atoms with Crippen LogP contribution in [0, 0.1) is 0 Å². The lowest BCUT2D eigenvalue weighted by Crippen LogP contribution is -2.02. The van der Waals surface area contributed by atoms with Crippen molar-refractivity contribution in [3.8, 4) is 5.75 Å². The first-order valence-corrected chi connectivity index (χ1v) is 8.18. The van der Waals surface area contributed by atoms with Crippen molar-refractivity contribution in [2.24, 2.45) is 0 Å². The van der Waals surface area contributed by atoms with Gasteiger partial charge in [0.1, 0.15) is 5.75 Å². The molecule has 21 heavy (non-hydrogen) atoms. The van der Waals surface area contributed by atoms with E-state index in [1.807, 2.05) is 47.8 Å². The predicted octanol–water partition coefficient (Wildman–Crippen LogP) is 5.10. The van der Waals surface area contributed by atoms with Crippen LogP contribution in [0.4, 0.5) is 0 Å². The average Bonchev–Trinajstić information content (AvgIpc) is 2.93. The van der Waals surface area contributed by atoms with E-state index in [9.17, 15) is 4.79 Å². The van der Waals surface area contributed by atoms with Gasteiger partial charge in [-0.2, -0.15) is 0 Å². The van der Waals surface area contributed by atoms with Gasteiger partial charge in [0, 0.05) is 10.9 Å². The quantitative estimate of drug-likeness (QED) is 0.605. The zero-order valence-corrected chi connectivity index (χ0v) is 13.8. The van der Waals surface area contributed by atoms with Crippen molar-refractivity contribution in [1.29, 1.82) is 0 Å². The van der Waals surface area contributed by atoms with E-state index in [2.05, 4.69) is 15.9 Å². The van der Waals surface area contributed by atoms with E-state index >= 15 is 0 Å². The molecule has 0 amide bonds. The number of thiophene rings is 1. The summed E-state index contributed by atoms with van der Waals surface area (Å²) in [5.74, 6) is 0.937. The summed E-state index contributed by atoms with van der Waals surface area (Å²) in [6.07, 6.45) is 0.392. The molecule has 4 heteroatoms. The highest BCUT2D eigenvalue weighted by Gasteiger charge is 2.14. The van der Waals surface area contributed by atoms with Crippen molar-refractivity contribution in [2.75, 3.05) is 7.11 Å². The van der Waals surface area contributed by atoms with Crippen LogP contribution < -0.4 is 4.74 Å². The Morgan fingerprint density at radius 1 is 1.24 bits per heavy atom. The summed E-state index contributed by atoms with van der Waals surface area (Å²) in [6.45, 7) is 0. The molecule has 2 nitrogen and oxygen atoms in total. The normalized spacial score (nSPS) is 10.8. The highest BCUT2D eigenvalue weighted by atomic mass is 79.9. The maximum Gasteiger partial charge on any atom is 0.178 e. The average molecular weight is 361 g/mol. The van der Waals surface area contributed by atoms with Crippen molar-refractivity contribution in [3.05, 3.63) is 62.8 Å². The molecule has 0 fully saturated rings. The summed E-state index contributed by atoms with van der Waals surface area (Å²) < 4.78 is 6.15. The second kappa shape index (κ2) is 6.00. The predicted molar refractivity (Wildman–Crippen MR) is 90.6 cm³/mol. The van der Waals surface area contributed by atoms with Gasteiger partial charge in [0.2, 0.25) is 0 Å². The molecular weight excluding hydrogens is 348 g/mol. The third-order valence-electron chi connectivity index (χ3n) is 3.40. The summed E-state index contributed by atoms with van der Waals surface area (Å²) >= 11 is 4.89. The number of carbonyl (C=O) groups excluding carboxylic acids is 1. The Bertz CT molecular complexity index is 807. The van der Waals surface area contributed by atoms with E-state index in [1.165, 1.54) is 11.3 Å². The topological polar surface area (TPSA) is 26.3 Å². The summed E-state index contributed by atoms with van der Waals surface area (Å²) in [6, 6.07) is 13.9. The van der Waals surface area contributed by atoms with Gasteiger partial charge in [-0.15, -0.1) is 11.3 Å². The molecule has 0 spiro atoms. The molecule has 0 atom stereocenters. The number of ether oxygens (including phenoxy) is 1. The Morgan fingerprint density at radius 3 is 2.81 bits per heavy atom. The van der Waals surface area contributed by atoms with E-state index in [4.69, 9.17) is 4.74 Å². The molecule has 0 unspecified atom stereocenters. The first kappa shape index (κ1) is 14.3. The van der Waals surface area contributed by atoms with Crippen LogP contribution in [0.1, 0.15) is 15.2 Å². The molecule has 0 bridgehead atoms. The third-order valence-corrected chi connectivity index (χ3v) is 5.28. The van der Waals surface area contributed by atoms with Crippen molar-refractivity contribution in [3.63, 3.8) is 0 Å². The molecule has 3 aromatic rings. The first-order chi connectivity index (χ1) is 10.2. The van der Waals surface area contributed by atoms with E-state index < -0.39 is 0 Å². The van der Waals surface area contributed by atoms with Gasteiger partial charge in [-0.3, -0.25) is 4.79 Å². The SMILES string of the molecule is COc1ccc2cccc(CC(=O)c3sccc3Br)c2c1. The molecule has 0 radical (unpaired) electrons. The zero-order valence-electron chi connectivity index (χ0n) is 11.4. The first-order valence-electron chi connectivity index (χ1n) is 6.51. The molecular formula is C17H13BrO2S. The van der Waals surface area contributed by atoms with Crippen LogP contribution in [-0.4, -0.2) is 12.9 Å². The van der Waals surface area contributed by atoms with Gasteiger partial charge in [0.25, 0.3) is 0 Å². The number of hydrogen-bond donors (Lipinski definition) is 0. The van der Waals surface area contributed by atoms with Crippen LogP contribution in [0.15, 0.2) is 52.3 Å². The van der Waals surface area contributed by atoms with E-state index in [0.717, 1.165) is 31.4 Å². The van der Waals surface area contributed by atoms with Crippen LogP contribution in [0.3, 0.4) is 0 Å². The number of ketones is 1. The lowest BCUT2D eigenvalue weighted by molar-refractivity contribution is 0.0996. The van der Waals surface area contributed by atoms with Gasteiger partial charge < -0.3 is 4.74 Å². The van der Waals surface area contributed by atoms with Crippen molar-refractivity contribution in [1.82, 2.24) is 0 Å². The van der Waals surface area contributed by atoms with Gasteiger partial charge in [-0.25, -0.2) is 0 Å². The number of halogens is 1. The van der Waals surface area contributed by atoms with Crippen LogP contribution >= 0.6 is 27.3 Å². The van der Waals surface area contributed by atoms with Crippen LogP contribution in [0.25, 0.3) is 10.8 Å². The van der Waals surface area contributed by atoms with Crippen molar-refractivity contribution >= 4 is 43.8 Å². The maximum atomic E-state index is 12.4. The van der Waals surface area contributed by atoms with Crippen molar-refractivity contribution < 1.29 is 9.53 Å². The molecule has 106 valence electrons. The fraction of sp³-hybridized carbons (Fsp3) is 0.118. The maximum absolute atomic E-state index is 12.4. The van der Waals surface area contributed by atoms with Crippen LogP contribution in [0.5, 0.6) is 5.75 Å². The van der Waals surface area contributed by atoms with Gasteiger partial charge in [-0.1, -0.05) is 24.3 Å². The Balaban J connectivity index is 2.00. The Kier molecular flexibility index (Phi) is 4.08. The summed E-state index contributed by atoms with van der Waals surface area (Å²) in [7, 11) is 1.65. The van der Waals surface area contributed by atoms with Gasteiger partial charge in [0.15, 0.2) is 5.78 Å². The number of methoxy groups -OCH3 is 1. The number of Topliss-reactive ketones (excluding diaryl/α,β-unsaturated/α-hetero) is 1. The minimum atomic E-state index is 0.132. The van der Waals surface area contributed by atoms with Crippen LogP contribution in [-0.2, 0) is 6.42 Å². The molecule has 2 aromatic carbocycles. The number of fused-ring (bicyclic) bond motifs is 1. The highest BCUT2D eigenvalue weighted by molar-refractivity contribution is 9.10. The Labute approximate surface area is 135 Å². The fourth-order valence-electron chi connectivity index (χ4n) is 2.34. The fourth-order valence-corrected chi connectivity index (χ4v) is 3.88. The monoisotopic (exact) mass is 360 g/mol. The molecule has 0 saturated carbocycles. The number of carbonyl (C=O) groups is 1. The lowest BCUT2D eigenvalue weighted by atomic mass is 10.00. The van der Waals surface area contributed by atoms with E-state index in [0.29, 0.717) is 6.42 Å². The Morgan fingerprint density at radius 2 is 2.10 bits per heavy atom. The minimum Gasteiger partial charge on any atom is -0.497 e. The van der Waals surface area contributed by atoms with E-state index in [1.54, 1.807) is 7.11 Å². The van der Waals surface area contributed by atoms with Gasteiger partial charge in [-0.05, 0) is 55.8 Å². The van der Waals surface area contributed by atoms with Gasteiger partial charge >= 0.3 is 0 Å². The second-order valence-electron chi connectivity index (χ2n) is 4.70. The summed E-state index contributed by atoms with van der Waals surface area (Å²) in [5, 5.41) is 4.10. The smallest absolute Gasteiger partial charge is 0.178 e. The molecule has 0 saturated heterocycles. The largest absolute Gasteiger partial charge is 0.497 e. The molecule has 0 aliphatic carbocycles. The number of rotatable bonds is 4. The van der Waals surface area contributed by atoms with E-state index in [-0.39, 0.29) is 5.78 Å². The van der Waals surface area contributed by atoms with Crippen LogP contribution in [0.2, 0.25) is 0 Å². The standard InChI is InChI=1S/C17H13BrO2S/c1-20-13-6-5-11-3-2-4-12(14(11)10-13)9-16(19)17-15(18)7-8-21-17/h2-8,10H,9H2,1H3. The highest BCUT2D eigenvalue weighted by Crippen LogP contribution is 2.28. The molecule has 0 aliphatic rings. The minimum absolute atomic E-state index is 0.132. The lowest BCUT2D eigenvalue weighted by Gasteiger charge is -2.08.